The third kappa shape index (κ3) is 4.57. The lowest BCUT2D eigenvalue weighted by molar-refractivity contribution is -0.137. The van der Waals surface area contributed by atoms with E-state index in [2.05, 4.69) is 28.5 Å². The van der Waals surface area contributed by atoms with E-state index in [1.807, 2.05) is 30.3 Å². The summed E-state index contributed by atoms with van der Waals surface area (Å²) in [5.74, 6) is 0. The van der Waals surface area contributed by atoms with Crippen molar-refractivity contribution in [3.05, 3.63) is 95.8 Å². The van der Waals surface area contributed by atoms with E-state index in [-0.39, 0.29) is 6.04 Å². The highest BCUT2D eigenvalue weighted by Crippen LogP contribution is 2.32. The fourth-order valence-corrected chi connectivity index (χ4v) is 3.74. The molecule has 1 aliphatic heterocycles. The van der Waals surface area contributed by atoms with Crippen molar-refractivity contribution in [2.75, 3.05) is 6.54 Å². The summed E-state index contributed by atoms with van der Waals surface area (Å²) < 4.78 is 38.6. The molecule has 4 rings (SSSR count). The van der Waals surface area contributed by atoms with Crippen molar-refractivity contribution in [2.24, 2.45) is 0 Å². The predicted octanol–water partition coefficient (Wildman–Crippen LogP) is 5.76. The average molecular weight is 394 g/mol. The van der Waals surface area contributed by atoms with Gasteiger partial charge >= 0.3 is 6.18 Å². The minimum atomic E-state index is -4.33. The van der Waals surface area contributed by atoms with Crippen LogP contribution < -0.4 is 5.32 Å². The van der Waals surface area contributed by atoms with Crippen LogP contribution in [0.5, 0.6) is 0 Å². The molecule has 0 radical (unpaired) electrons. The predicted molar refractivity (Wildman–Crippen MR) is 109 cm³/mol. The molecule has 29 heavy (non-hydrogen) atoms. The molecule has 3 aromatic rings. The van der Waals surface area contributed by atoms with Crippen molar-refractivity contribution in [2.45, 2.75) is 25.1 Å². The number of alkyl halides is 3. The fourth-order valence-electron chi connectivity index (χ4n) is 3.74. The molecule has 0 spiro atoms. The van der Waals surface area contributed by atoms with Gasteiger partial charge in [-0.25, -0.2) is 0 Å². The summed E-state index contributed by atoms with van der Waals surface area (Å²) in [7, 11) is 0. The number of pyridine rings is 1. The number of benzene rings is 2. The van der Waals surface area contributed by atoms with Gasteiger partial charge in [-0.2, -0.15) is 13.2 Å². The Kier molecular flexibility index (Phi) is 5.49. The van der Waals surface area contributed by atoms with Crippen LogP contribution in [0.1, 0.15) is 23.2 Å². The second-order valence-corrected chi connectivity index (χ2v) is 7.18. The number of hydrogen-bond acceptors (Lipinski definition) is 2. The highest BCUT2D eigenvalue weighted by atomic mass is 19.4. The first kappa shape index (κ1) is 19.4. The smallest absolute Gasteiger partial charge is 0.310 e. The zero-order chi connectivity index (χ0) is 20.3. The average Bonchev–Trinajstić information content (AvgIpc) is 2.74. The van der Waals surface area contributed by atoms with E-state index >= 15 is 0 Å². The van der Waals surface area contributed by atoms with E-state index in [4.69, 9.17) is 0 Å². The molecule has 0 amide bonds. The van der Waals surface area contributed by atoms with Gasteiger partial charge < -0.3 is 5.32 Å². The molecule has 148 valence electrons. The Hall–Kier alpha value is -2.92. The van der Waals surface area contributed by atoms with Crippen LogP contribution in [-0.2, 0) is 12.6 Å². The van der Waals surface area contributed by atoms with Crippen molar-refractivity contribution >= 4 is 5.57 Å². The zero-order valence-electron chi connectivity index (χ0n) is 15.8. The first-order valence-corrected chi connectivity index (χ1v) is 9.60. The Labute approximate surface area is 168 Å². The van der Waals surface area contributed by atoms with Crippen LogP contribution in [0.3, 0.4) is 0 Å². The van der Waals surface area contributed by atoms with Crippen LogP contribution >= 0.6 is 0 Å². The molecule has 2 aromatic carbocycles. The van der Waals surface area contributed by atoms with Gasteiger partial charge in [0.15, 0.2) is 0 Å². The van der Waals surface area contributed by atoms with Crippen molar-refractivity contribution in [3.8, 4) is 11.1 Å². The van der Waals surface area contributed by atoms with Gasteiger partial charge in [0.25, 0.3) is 0 Å². The molecule has 0 bridgehead atoms. The molecule has 1 unspecified atom stereocenters. The van der Waals surface area contributed by atoms with Crippen LogP contribution in [0.15, 0.2) is 79.0 Å². The third-order valence-corrected chi connectivity index (χ3v) is 5.22. The molecule has 0 fully saturated rings. The van der Waals surface area contributed by atoms with E-state index < -0.39 is 11.7 Å². The Morgan fingerprint density at radius 2 is 1.66 bits per heavy atom. The van der Waals surface area contributed by atoms with Gasteiger partial charge in [0.1, 0.15) is 0 Å². The van der Waals surface area contributed by atoms with Gasteiger partial charge in [-0.3, -0.25) is 4.98 Å². The lowest BCUT2D eigenvalue weighted by Gasteiger charge is -2.25. The van der Waals surface area contributed by atoms with E-state index in [1.54, 1.807) is 6.20 Å². The second-order valence-electron chi connectivity index (χ2n) is 7.18. The van der Waals surface area contributed by atoms with Crippen molar-refractivity contribution < 1.29 is 13.2 Å². The van der Waals surface area contributed by atoms with Gasteiger partial charge in [-0.15, -0.1) is 0 Å². The first-order valence-electron chi connectivity index (χ1n) is 9.60. The normalized spacial score (nSPS) is 17.1. The van der Waals surface area contributed by atoms with Crippen LogP contribution in [0, 0.1) is 0 Å². The summed E-state index contributed by atoms with van der Waals surface area (Å²) >= 11 is 0. The van der Waals surface area contributed by atoms with Crippen LogP contribution in [0.25, 0.3) is 16.7 Å². The fraction of sp³-hybridized carbons (Fsp3) is 0.208. The monoisotopic (exact) mass is 394 g/mol. The van der Waals surface area contributed by atoms with Crippen molar-refractivity contribution in [1.29, 1.82) is 0 Å². The van der Waals surface area contributed by atoms with Gasteiger partial charge in [0, 0.05) is 36.5 Å². The summed E-state index contributed by atoms with van der Waals surface area (Å²) in [6.45, 7) is 0.789. The maximum Gasteiger partial charge on any atom is 0.416 e. The zero-order valence-corrected chi connectivity index (χ0v) is 15.8. The Balaban J connectivity index is 1.54. The Morgan fingerprint density at radius 3 is 2.38 bits per heavy atom. The van der Waals surface area contributed by atoms with Gasteiger partial charge in [0.05, 0.1) is 5.56 Å². The summed E-state index contributed by atoms with van der Waals surface area (Å²) in [6.07, 6.45) is 1.21. The number of rotatable bonds is 4. The largest absolute Gasteiger partial charge is 0.416 e. The molecule has 1 N–H and O–H groups in total. The highest BCUT2D eigenvalue weighted by Gasteiger charge is 2.30. The molecule has 0 aliphatic carbocycles. The Morgan fingerprint density at radius 1 is 0.897 bits per heavy atom. The molecule has 1 aromatic heterocycles. The van der Waals surface area contributed by atoms with Crippen LogP contribution in [0.4, 0.5) is 13.2 Å². The molecular formula is C24H21F3N2. The van der Waals surface area contributed by atoms with Crippen molar-refractivity contribution in [3.63, 3.8) is 0 Å². The number of aromatic nitrogens is 1. The summed E-state index contributed by atoms with van der Waals surface area (Å²) in [5.41, 5.74) is 4.40. The maximum atomic E-state index is 12.9. The highest BCUT2D eigenvalue weighted by molar-refractivity contribution is 5.68. The number of halogens is 3. The SMILES string of the molecule is FC(F)(F)c1ccc(-c2cccnc2CC2CC(c3ccccc3)=CCN2)cc1. The molecule has 1 aliphatic rings. The molecule has 1 atom stereocenters. The van der Waals surface area contributed by atoms with Gasteiger partial charge in [-0.05, 0) is 41.3 Å². The lowest BCUT2D eigenvalue weighted by Crippen LogP contribution is -2.35. The Bertz CT molecular complexity index is 993. The van der Waals surface area contributed by atoms with E-state index in [0.717, 1.165) is 41.9 Å². The number of nitrogens with one attached hydrogen (secondary N) is 1. The van der Waals surface area contributed by atoms with Crippen LogP contribution in [0.2, 0.25) is 0 Å². The molecule has 2 nitrogen and oxygen atoms in total. The number of hydrogen-bond donors (Lipinski definition) is 1. The summed E-state index contributed by atoms with van der Waals surface area (Å²) in [6, 6.07) is 19.6. The van der Waals surface area contributed by atoms with E-state index in [1.165, 1.54) is 23.3 Å². The van der Waals surface area contributed by atoms with Gasteiger partial charge in [0.2, 0.25) is 0 Å². The molecule has 5 heteroatoms. The maximum absolute atomic E-state index is 12.9. The van der Waals surface area contributed by atoms with Gasteiger partial charge in [-0.1, -0.05) is 54.6 Å². The second kappa shape index (κ2) is 8.21. The summed E-state index contributed by atoms with van der Waals surface area (Å²) in [4.78, 5) is 4.54. The first-order chi connectivity index (χ1) is 14.0. The molecular weight excluding hydrogens is 373 g/mol. The standard InChI is InChI=1S/C24H21F3N2/c25-24(26,27)20-10-8-18(9-11-20)22-7-4-13-29-23(22)16-21-15-19(12-14-28-21)17-5-2-1-3-6-17/h1-13,21,28H,14-16H2. The minimum Gasteiger partial charge on any atom is -0.310 e. The number of nitrogens with zero attached hydrogens (tertiary/aromatic N) is 1. The van der Waals surface area contributed by atoms with E-state index in [0.29, 0.717) is 6.42 Å². The molecule has 2 heterocycles. The molecule has 0 saturated carbocycles. The summed E-state index contributed by atoms with van der Waals surface area (Å²) in [5, 5.41) is 3.51. The quantitative estimate of drug-likeness (QED) is 0.609. The van der Waals surface area contributed by atoms with E-state index in [9.17, 15) is 13.2 Å². The van der Waals surface area contributed by atoms with Crippen molar-refractivity contribution in [1.82, 2.24) is 10.3 Å². The minimum absolute atomic E-state index is 0.221. The molecule has 0 saturated heterocycles. The lowest BCUT2D eigenvalue weighted by atomic mass is 9.91. The van der Waals surface area contributed by atoms with Crippen LogP contribution in [-0.4, -0.2) is 17.6 Å². The third-order valence-electron chi connectivity index (χ3n) is 5.22. The topological polar surface area (TPSA) is 24.9 Å².